The number of ether oxygens (including phenoxy) is 2. The summed E-state index contributed by atoms with van der Waals surface area (Å²) >= 11 is 0. The summed E-state index contributed by atoms with van der Waals surface area (Å²) in [5, 5.41) is 11.5. The molecule has 2 amide bonds. The number of aliphatic carboxylic acids is 1. The monoisotopic (exact) mass is 454 g/mol. The number of carboxylic acids is 1. The number of amides is 2. The molecule has 2 aromatic rings. The van der Waals surface area contributed by atoms with Crippen molar-refractivity contribution in [2.24, 2.45) is 0 Å². The molecule has 0 saturated carbocycles. The lowest BCUT2D eigenvalue weighted by molar-refractivity contribution is -0.140. The zero-order valence-electron chi connectivity index (χ0n) is 19.2. The summed E-state index contributed by atoms with van der Waals surface area (Å²) in [5.74, 6) is -1.40. The number of carbonyl (C=O) groups excluding carboxylic acids is 2. The van der Waals surface area contributed by atoms with Gasteiger partial charge in [0.1, 0.15) is 12.1 Å². The van der Waals surface area contributed by atoms with E-state index in [-0.39, 0.29) is 38.0 Å². The maximum Gasteiger partial charge on any atom is 0.408 e. The fraction of sp³-hybridized carbons (Fsp3) is 0.400. The summed E-state index contributed by atoms with van der Waals surface area (Å²) in [4.78, 5) is 37.8. The van der Waals surface area contributed by atoms with Gasteiger partial charge >= 0.3 is 12.1 Å². The van der Waals surface area contributed by atoms with Crippen LogP contribution in [0.4, 0.5) is 4.79 Å². The highest BCUT2D eigenvalue weighted by atomic mass is 16.5. The molecule has 176 valence electrons. The second-order valence-electron chi connectivity index (χ2n) is 8.44. The number of benzene rings is 2. The van der Waals surface area contributed by atoms with Gasteiger partial charge in [-0.05, 0) is 35.6 Å². The predicted molar refractivity (Wildman–Crippen MR) is 123 cm³/mol. The predicted octanol–water partition coefficient (Wildman–Crippen LogP) is 3.25. The van der Waals surface area contributed by atoms with Crippen LogP contribution in [-0.2, 0) is 19.1 Å². The molecule has 0 aliphatic heterocycles. The van der Waals surface area contributed by atoms with E-state index in [0.717, 1.165) is 22.3 Å². The molecule has 0 bridgehead atoms. The Hall–Kier alpha value is -3.39. The lowest BCUT2D eigenvalue weighted by Crippen LogP contribution is -2.60. The van der Waals surface area contributed by atoms with Gasteiger partial charge in [0.15, 0.2) is 0 Å². The van der Waals surface area contributed by atoms with E-state index in [0.29, 0.717) is 6.42 Å². The zero-order chi connectivity index (χ0) is 24.0. The van der Waals surface area contributed by atoms with Crippen molar-refractivity contribution in [1.29, 1.82) is 0 Å². The Morgan fingerprint density at radius 1 is 1.06 bits per heavy atom. The first-order chi connectivity index (χ1) is 15.8. The van der Waals surface area contributed by atoms with Crippen LogP contribution in [0.15, 0.2) is 48.5 Å². The van der Waals surface area contributed by atoms with Crippen LogP contribution in [0.1, 0.15) is 36.8 Å². The number of methoxy groups -OCH3 is 1. The summed E-state index contributed by atoms with van der Waals surface area (Å²) < 4.78 is 10.8. The van der Waals surface area contributed by atoms with E-state index in [1.54, 1.807) is 14.0 Å². The van der Waals surface area contributed by atoms with Crippen LogP contribution in [0.3, 0.4) is 0 Å². The standard InChI is InChI=1S/C25H30N2O6/c1-25(16-32-3,23(30)27(2)14-8-13-22(28)29)26-24(31)33-15-21-19-11-6-4-9-17(19)18-10-5-7-12-20(18)21/h4-7,9-12,21H,8,13-16H2,1-3H3,(H,26,31)(H,28,29). The van der Waals surface area contributed by atoms with E-state index < -0.39 is 17.6 Å². The maximum absolute atomic E-state index is 13.0. The van der Waals surface area contributed by atoms with E-state index in [1.807, 2.05) is 36.4 Å². The number of nitrogens with one attached hydrogen (secondary N) is 1. The number of carbonyl (C=O) groups is 3. The SMILES string of the molecule is COCC(C)(NC(=O)OCC1c2ccccc2-c2ccccc21)C(=O)N(C)CCCC(=O)O. The van der Waals surface area contributed by atoms with E-state index in [1.165, 1.54) is 12.0 Å². The number of alkyl carbamates (subject to hydrolysis) is 1. The van der Waals surface area contributed by atoms with Gasteiger partial charge in [0.05, 0.1) is 6.61 Å². The van der Waals surface area contributed by atoms with Crippen molar-refractivity contribution in [2.45, 2.75) is 31.2 Å². The first-order valence-electron chi connectivity index (χ1n) is 10.9. The van der Waals surface area contributed by atoms with Gasteiger partial charge in [-0.15, -0.1) is 0 Å². The van der Waals surface area contributed by atoms with E-state index >= 15 is 0 Å². The third-order valence-corrected chi connectivity index (χ3v) is 5.86. The molecule has 8 heteroatoms. The number of nitrogens with zero attached hydrogens (tertiary/aromatic N) is 1. The summed E-state index contributed by atoms with van der Waals surface area (Å²) in [6.07, 6.45) is -0.451. The number of rotatable bonds is 10. The Labute approximate surface area is 193 Å². The first kappa shape index (κ1) is 24.3. The summed E-state index contributed by atoms with van der Waals surface area (Å²) in [5.41, 5.74) is 3.10. The van der Waals surface area contributed by atoms with Crippen molar-refractivity contribution in [3.8, 4) is 11.1 Å². The van der Waals surface area contributed by atoms with Crippen LogP contribution < -0.4 is 5.32 Å². The molecular formula is C25H30N2O6. The molecule has 1 atom stereocenters. The van der Waals surface area contributed by atoms with E-state index in [2.05, 4.69) is 17.4 Å². The highest BCUT2D eigenvalue weighted by molar-refractivity contribution is 5.89. The quantitative estimate of drug-likeness (QED) is 0.571. The van der Waals surface area contributed by atoms with Crippen LogP contribution in [0, 0.1) is 0 Å². The molecule has 1 aliphatic carbocycles. The fourth-order valence-electron chi connectivity index (χ4n) is 4.29. The van der Waals surface area contributed by atoms with Gasteiger partial charge in [-0.3, -0.25) is 9.59 Å². The molecule has 0 saturated heterocycles. The topological polar surface area (TPSA) is 105 Å². The average molecular weight is 455 g/mol. The highest BCUT2D eigenvalue weighted by Crippen LogP contribution is 2.44. The number of likely N-dealkylation sites (N-methyl/N-ethyl adjacent to an activating group) is 1. The molecule has 2 N–H and O–H groups in total. The van der Waals surface area contributed by atoms with Gasteiger partial charge in [-0.1, -0.05) is 48.5 Å². The molecule has 1 unspecified atom stereocenters. The van der Waals surface area contributed by atoms with Crippen LogP contribution in [0.2, 0.25) is 0 Å². The maximum atomic E-state index is 13.0. The number of hydrogen-bond acceptors (Lipinski definition) is 5. The third kappa shape index (κ3) is 5.51. The van der Waals surface area contributed by atoms with Crippen molar-refractivity contribution in [3.05, 3.63) is 59.7 Å². The lowest BCUT2D eigenvalue weighted by atomic mass is 9.98. The molecule has 2 aromatic carbocycles. The Bertz CT molecular complexity index is 978. The third-order valence-electron chi connectivity index (χ3n) is 5.86. The Morgan fingerprint density at radius 3 is 2.18 bits per heavy atom. The smallest absolute Gasteiger partial charge is 0.408 e. The number of carboxylic acid groups (broad SMARTS) is 1. The fourth-order valence-corrected chi connectivity index (χ4v) is 4.29. The van der Waals surface area contributed by atoms with Crippen molar-refractivity contribution in [1.82, 2.24) is 10.2 Å². The van der Waals surface area contributed by atoms with Crippen molar-refractivity contribution in [3.63, 3.8) is 0 Å². The molecule has 0 spiro atoms. The zero-order valence-corrected chi connectivity index (χ0v) is 19.2. The van der Waals surface area contributed by atoms with Gasteiger partial charge in [0.25, 0.3) is 0 Å². The van der Waals surface area contributed by atoms with Gasteiger partial charge in [-0.25, -0.2) is 4.79 Å². The molecular weight excluding hydrogens is 424 g/mol. The first-order valence-corrected chi connectivity index (χ1v) is 10.9. The van der Waals surface area contributed by atoms with Crippen LogP contribution in [0.25, 0.3) is 11.1 Å². The van der Waals surface area contributed by atoms with E-state index in [9.17, 15) is 14.4 Å². The molecule has 0 heterocycles. The normalized spacial score (nSPS) is 14.0. The van der Waals surface area contributed by atoms with Crippen molar-refractivity contribution in [2.75, 3.05) is 33.9 Å². The van der Waals surface area contributed by atoms with Crippen molar-refractivity contribution >= 4 is 18.0 Å². The molecule has 33 heavy (non-hydrogen) atoms. The summed E-state index contributed by atoms with van der Waals surface area (Å²) in [6, 6.07) is 16.1. The molecule has 1 aliphatic rings. The number of hydrogen-bond donors (Lipinski definition) is 2. The van der Waals surface area contributed by atoms with Crippen LogP contribution >= 0.6 is 0 Å². The Balaban J connectivity index is 1.66. The van der Waals surface area contributed by atoms with Crippen LogP contribution in [-0.4, -0.2) is 67.4 Å². The highest BCUT2D eigenvalue weighted by Gasteiger charge is 2.38. The second kappa shape index (κ2) is 10.5. The molecule has 8 nitrogen and oxygen atoms in total. The minimum absolute atomic E-state index is 0.0432. The minimum atomic E-state index is -1.35. The van der Waals surface area contributed by atoms with E-state index in [4.69, 9.17) is 14.6 Å². The number of fused-ring (bicyclic) bond motifs is 3. The second-order valence-corrected chi connectivity index (χ2v) is 8.44. The molecule has 0 radical (unpaired) electrons. The van der Waals surface area contributed by atoms with Gasteiger partial charge in [-0.2, -0.15) is 0 Å². The molecule has 0 fully saturated rings. The Kier molecular flexibility index (Phi) is 7.71. The van der Waals surface area contributed by atoms with Crippen molar-refractivity contribution < 1.29 is 29.0 Å². The minimum Gasteiger partial charge on any atom is -0.481 e. The molecule has 0 aromatic heterocycles. The van der Waals surface area contributed by atoms with Crippen LogP contribution in [0.5, 0.6) is 0 Å². The van der Waals surface area contributed by atoms with Gasteiger partial charge in [0, 0.05) is 33.0 Å². The lowest BCUT2D eigenvalue weighted by Gasteiger charge is -2.32. The molecule has 3 rings (SSSR count). The largest absolute Gasteiger partial charge is 0.481 e. The van der Waals surface area contributed by atoms with Gasteiger partial charge < -0.3 is 24.8 Å². The Morgan fingerprint density at radius 2 is 1.64 bits per heavy atom. The summed E-state index contributed by atoms with van der Waals surface area (Å²) in [6.45, 7) is 1.88. The van der Waals surface area contributed by atoms with Gasteiger partial charge in [0.2, 0.25) is 5.91 Å². The average Bonchev–Trinajstić information content (AvgIpc) is 3.10. The summed E-state index contributed by atoms with van der Waals surface area (Å²) in [7, 11) is 3.01.